The Morgan fingerprint density at radius 2 is 2.22 bits per heavy atom. The standard InChI is InChI=1S/C14H15N3O/c1-16-12(10-15)7-9-18-13-6-2-4-11-5-3-8-17-14(11)13/h2-6,8,12,16H,7,9H2,1H3. The smallest absolute Gasteiger partial charge is 0.145 e. The SMILES string of the molecule is CNC(C#N)CCOc1cccc2cccnc12. The normalized spacial score (nSPS) is 12.0. The number of aromatic nitrogens is 1. The lowest BCUT2D eigenvalue weighted by molar-refractivity contribution is 0.303. The first kappa shape index (κ1) is 12.3. The minimum atomic E-state index is -0.173. The molecule has 0 saturated heterocycles. The zero-order valence-electron chi connectivity index (χ0n) is 10.3. The van der Waals surface area contributed by atoms with Crippen molar-refractivity contribution in [2.45, 2.75) is 12.5 Å². The molecule has 0 saturated carbocycles. The monoisotopic (exact) mass is 241 g/mol. The summed E-state index contributed by atoms with van der Waals surface area (Å²) in [5, 5.41) is 12.8. The number of hydrogen-bond donors (Lipinski definition) is 1. The molecule has 0 spiro atoms. The van der Waals surface area contributed by atoms with Crippen molar-refractivity contribution in [2.24, 2.45) is 0 Å². The topological polar surface area (TPSA) is 57.9 Å². The minimum absolute atomic E-state index is 0.173. The van der Waals surface area contributed by atoms with Crippen molar-refractivity contribution < 1.29 is 4.74 Å². The number of ether oxygens (including phenoxy) is 1. The number of para-hydroxylation sites is 1. The van der Waals surface area contributed by atoms with Crippen LogP contribution in [0, 0.1) is 11.3 Å². The Balaban J connectivity index is 2.06. The van der Waals surface area contributed by atoms with Gasteiger partial charge in [-0.2, -0.15) is 5.26 Å². The fourth-order valence-corrected chi connectivity index (χ4v) is 1.75. The molecule has 1 aromatic carbocycles. The third-order valence-corrected chi connectivity index (χ3v) is 2.76. The van der Waals surface area contributed by atoms with Crippen LogP contribution in [-0.2, 0) is 0 Å². The van der Waals surface area contributed by atoms with E-state index in [4.69, 9.17) is 10.00 Å². The van der Waals surface area contributed by atoms with Gasteiger partial charge in [0.25, 0.3) is 0 Å². The summed E-state index contributed by atoms with van der Waals surface area (Å²) in [4.78, 5) is 4.31. The fraction of sp³-hybridized carbons (Fsp3) is 0.286. The van der Waals surface area contributed by atoms with E-state index in [-0.39, 0.29) is 6.04 Å². The summed E-state index contributed by atoms with van der Waals surface area (Å²) in [5.74, 6) is 0.765. The number of hydrogen-bond acceptors (Lipinski definition) is 4. The second kappa shape index (κ2) is 5.99. The van der Waals surface area contributed by atoms with Crippen LogP contribution in [0.25, 0.3) is 10.9 Å². The highest BCUT2D eigenvalue weighted by atomic mass is 16.5. The zero-order chi connectivity index (χ0) is 12.8. The Kier molecular flexibility index (Phi) is 4.11. The molecule has 1 atom stereocenters. The molecule has 0 aliphatic heterocycles. The molecule has 0 amide bonds. The van der Waals surface area contributed by atoms with Crippen molar-refractivity contribution in [3.63, 3.8) is 0 Å². The number of pyridine rings is 1. The van der Waals surface area contributed by atoms with Crippen molar-refractivity contribution in [3.05, 3.63) is 36.5 Å². The molecule has 1 N–H and O–H groups in total. The maximum Gasteiger partial charge on any atom is 0.145 e. The zero-order valence-corrected chi connectivity index (χ0v) is 10.3. The Labute approximate surface area is 106 Å². The summed E-state index contributed by atoms with van der Waals surface area (Å²) in [5.41, 5.74) is 0.859. The van der Waals surface area contributed by atoms with Crippen molar-refractivity contribution in [3.8, 4) is 11.8 Å². The second-order valence-corrected chi connectivity index (χ2v) is 3.94. The Bertz CT molecular complexity index is 557. The summed E-state index contributed by atoms with van der Waals surface area (Å²) < 4.78 is 5.70. The highest BCUT2D eigenvalue weighted by molar-refractivity contribution is 5.84. The third kappa shape index (κ3) is 2.76. The number of fused-ring (bicyclic) bond motifs is 1. The van der Waals surface area contributed by atoms with Crippen LogP contribution in [0.4, 0.5) is 0 Å². The van der Waals surface area contributed by atoms with E-state index in [1.54, 1.807) is 13.2 Å². The molecule has 2 rings (SSSR count). The van der Waals surface area contributed by atoms with Crippen molar-refractivity contribution >= 4 is 10.9 Å². The van der Waals surface area contributed by atoms with E-state index < -0.39 is 0 Å². The molecule has 4 nitrogen and oxygen atoms in total. The average Bonchev–Trinajstić information content (AvgIpc) is 2.44. The van der Waals surface area contributed by atoms with Gasteiger partial charge in [-0.3, -0.25) is 4.98 Å². The molecule has 0 aliphatic carbocycles. The van der Waals surface area contributed by atoms with Crippen LogP contribution in [-0.4, -0.2) is 24.7 Å². The van der Waals surface area contributed by atoms with Gasteiger partial charge in [0.1, 0.15) is 11.3 Å². The highest BCUT2D eigenvalue weighted by Gasteiger charge is 2.06. The summed E-state index contributed by atoms with van der Waals surface area (Å²) in [6.07, 6.45) is 2.40. The minimum Gasteiger partial charge on any atom is -0.491 e. The third-order valence-electron chi connectivity index (χ3n) is 2.76. The maximum atomic E-state index is 8.81. The second-order valence-electron chi connectivity index (χ2n) is 3.94. The van der Waals surface area contributed by atoms with Crippen molar-refractivity contribution in [1.29, 1.82) is 5.26 Å². The van der Waals surface area contributed by atoms with Gasteiger partial charge < -0.3 is 10.1 Å². The number of nitrogens with zero attached hydrogens (tertiary/aromatic N) is 2. The molecule has 92 valence electrons. The van der Waals surface area contributed by atoms with E-state index in [9.17, 15) is 0 Å². The molecule has 0 aliphatic rings. The molecular formula is C14H15N3O. The van der Waals surface area contributed by atoms with Crippen LogP contribution < -0.4 is 10.1 Å². The number of rotatable bonds is 5. The predicted octanol–water partition coefficient (Wildman–Crippen LogP) is 2.12. The van der Waals surface area contributed by atoms with E-state index in [1.807, 2.05) is 30.3 Å². The predicted molar refractivity (Wildman–Crippen MR) is 70.3 cm³/mol. The molecule has 0 fully saturated rings. The molecular weight excluding hydrogens is 226 g/mol. The molecule has 1 unspecified atom stereocenters. The molecule has 2 aromatic rings. The van der Waals surface area contributed by atoms with Gasteiger partial charge in [-0.05, 0) is 19.2 Å². The maximum absolute atomic E-state index is 8.81. The number of nitrogens with one attached hydrogen (secondary N) is 1. The molecule has 4 heteroatoms. The van der Waals surface area contributed by atoms with Crippen LogP contribution in [0.3, 0.4) is 0 Å². The summed E-state index contributed by atoms with van der Waals surface area (Å²) in [7, 11) is 1.77. The highest BCUT2D eigenvalue weighted by Crippen LogP contribution is 2.22. The lowest BCUT2D eigenvalue weighted by Gasteiger charge is -2.10. The molecule has 1 heterocycles. The van der Waals surface area contributed by atoms with Gasteiger partial charge in [0.05, 0.1) is 18.7 Å². The van der Waals surface area contributed by atoms with Gasteiger partial charge in [-0.25, -0.2) is 0 Å². The van der Waals surface area contributed by atoms with E-state index in [0.717, 1.165) is 16.7 Å². The van der Waals surface area contributed by atoms with Gasteiger partial charge in [0.2, 0.25) is 0 Å². The van der Waals surface area contributed by atoms with Crippen LogP contribution in [0.1, 0.15) is 6.42 Å². The summed E-state index contributed by atoms with van der Waals surface area (Å²) in [6.45, 7) is 0.495. The van der Waals surface area contributed by atoms with E-state index in [1.165, 1.54) is 0 Å². The van der Waals surface area contributed by atoms with Gasteiger partial charge in [0, 0.05) is 18.0 Å². The van der Waals surface area contributed by atoms with Crippen molar-refractivity contribution in [1.82, 2.24) is 10.3 Å². The lowest BCUT2D eigenvalue weighted by atomic mass is 10.2. The van der Waals surface area contributed by atoms with E-state index >= 15 is 0 Å². The quantitative estimate of drug-likeness (QED) is 0.871. The van der Waals surface area contributed by atoms with Crippen LogP contribution >= 0.6 is 0 Å². The van der Waals surface area contributed by atoms with E-state index in [2.05, 4.69) is 16.4 Å². The molecule has 18 heavy (non-hydrogen) atoms. The van der Waals surface area contributed by atoms with Gasteiger partial charge >= 0.3 is 0 Å². The number of nitriles is 1. The summed E-state index contributed by atoms with van der Waals surface area (Å²) in [6, 6.07) is 11.7. The lowest BCUT2D eigenvalue weighted by Crippen LogP contribution is -2.25. The Morgan fingerprint density at radius 1 is 1.39 bits per heavy atom. The van der Waals surface area contributed by atoms with Gasteiger partial charge in [0.15, 0.2) is 0 Å². The van der Waals surface area contributed by atoms with Crippen LogP contribution in [0.15, 0.2) is 36.5 Å². The first-order valence-electron chi connectivity index (χ1n) is 5.88. The van der Waals surface area contributed by atoms with Gasteiger partial charge in [-0.15, -0.1) is 0 Å². The Morgan fingerprint density at radius 3 is 3.00 bits per heavy atom. The van der Waals surface area contributed by atoms with Gasteiger partial charge in [-0.1, -0.05) is 18.2 Å². The molecule has 1 aromatic heterocycles. The average molecular weight is 241 g/mol. The number of benzene rings is 1. The molecule has 0 bridgehead atoms. The first-order valence-corrected chi connectivity index (χ1v) is 5.88. The summed E-state index contributed by atoms with van der Waals surface area (Å²) >= 11 is 0. The molecule has 0 radical (unpaired) electrons. The van der Waals surface area contributed by atoms with E-state index in [0.29, 0.717) is 13.0 Å². The Hall–Kier alpha value is -2.12. The van der Waals surface area contributed by atoms with Crippen LogP contribution in [0.5, 0.6) is 5.75 Å². The van der Waals surface area contributed by atoms with Crippen LogP contribution in [0.2, 0.25) is 0 Å². The largest absolute Gasteiger partial charge is 0.491 e. The first-order chi connectivity index (χ1) is 8.85. The van der Waals surface area contributed by atoms with Crippen molar-refractivity contribution in [2.75, 3.05) is 13.7 Å². The fourth-order valence-electron chi connectivity index (χ4n) is 1.75.